The molecule has 3 aliphatic rings. The number of rotatable bonds is 2. The normalized spacial score (nSPS) is 19.8. The van der Waals surface area contributed by atoms with Crippen LogP contribution in [0.15, 0.2) is 29.2 Å². The maximum Gasteiger partial charge on any atom is 0.341 e. The van der Waals surface area contributed by atoms with E-state index in [-0.39, 0.29) is 11.1 Å². The Balaban J connectivity index is 1.73. The molecule has 1 saturated carbocycles. The lowest BCUT2D eigenvalue weighted by Gasteiger charge is -2.45. The van der Waals surface area contributed by atoms with Crippen LogP contribution in [-0.2, 0) is 12.0 Å². The SMILES string of the molecule is Cc1cc2c(cc1N1CCCC1)CC1(CCCCC1)n1cc(C(=O)O)c(=O)cc1-2. The number of nitrogens with zero attached hydrogens (tertiary/aromatic N) is 2. The minimum absolute atomic E-state index is 0.115. The van der Waals surface area contributed by atoms with Crippen molar-refractivity contribution < 1.29 is 9.90 Å². The van der Waals surface area contributed by atoms with Crippen LogP contribution in [0, 0.1) is 6.92 Å². The van der Waals surface area contributed by atoms with Crippen molar-refractivity contribution in [3.8, 4) is 11.3 Å². The molecule has 2 aliphatic heterocycles. The Morgan fingerprint density at radius 1 is 1.03 bits per heavy atom. The van der Waals surface area contributed by atoms with Crippen molar-refractivity contribution in [3.05, 3.63) is 51.3 Å². The summed E-state index contributed by atoms with van der Waals surface area (Å²) in [5.74, 6) is -1.14. The molecule has 2 aromatic rings. The fraction of sp³-hybridized carbons (Fsp3) is 0.500. The fourth-order valence-corrected chi connectivity index (χ4v) is 5.78. The number of anilines is 1. The van der Waals surface area contributed by atoms with Gasteiger partial charge in [0, 0.05) is 42.1 Å². The largest absolute Gasteiger partial charge is 0.477 e. The van der Waals surface area contributed by atoms with E-state index in [1.807, 2.05) is 0 Å². The molecule has 29 heavy (non-hydrogen) atoms. The van der Waals surface area contributed by atoms with E-state index in [4.69, 9.17) is 0 Å². The smallest absolute Gasteiger partial charge is 0.341 e. The molecule has 1 aromatic carbocycles. The van der Waals surface area contributed by atoms with Crippen LogP contribution < -0.4 is 10.3 Å². The summed E-state index contributed by atoms with van der Waals surface area (Å²) in [4.78, 5) is 26.7. The Labute approximate surface area is 171 Å². The molecular formula is C24H28N2O3. The van der Waals surface area contributed by atoms with E-state index < -0.39 is 11.4 Å². The highest BCUT2D eigenvalue weighted by atomic mass is 16.4. The lowest BCUT2D eigenvalue weighted by molar-refractivity contribution is 0.0693. The molecule has 1 aliphatic carbocycles. The molecule has 0 amide bonds. The van der Waals surface area contributed by atoms with E-state index in [9.17, 15) is 14.7 Å². The second kappa shape index (κ2) is 6.75. The van der Waals surface area contributed by atoms with Crippen molar-refractivity contribution in [3.63, 3.8) is 0 Å². The average molecular weight is 392 g/mol. The fourth-order valence-electron chi connectivity index (χ4n) is 5.78. The van der Waals surface area contributed by atoms with E-state index in [0.29, 0.717) is 0 Å². The monoisotopic (exact) mass is 392 g/mol. The summed E-state index contributed by atoms with van der Waals surface area (Å²) < 4.78 is 2.15. The number of aryl methyl sites for hydroxylation is 1. The third kappa shape index (κ3) is 2.90. The van der Waals surface area contributed by atoms with Crippen LogP contribution in [-0.4, -0.2) is 28.7 Å². The number of aromatic carboxylic acids is 1. The van der Waals surface area contributed by atoms with Crippen LogP contribution in [0.25, 0.3) is 11.3 Å². The van der Waals surface area contributed by atoms with Crippen LogP contribution in [0.2, 0.25) is 0 Å². The zero-order chi connectivity index (χ0) is 20.2. The van der Waals surface area contributed by atoms with Gasteiger partial charge in [-0.05, 0) is 62.3 Å². The zero-order valence-corrected chi connectivity index (χ0v) is 17.0. The number of carboxylic acids is 1. The van der Waals surface area contributed by atoms with Crippen molar-refractivity contribution in [2.75, 3.05) is 18.0 Å². The third-order valence-electron chi connectivity index (χ3n) is 7.24. The molecule has 0 bridgehead atoms. The van der Waals surface area contributed by atoms with Crippen LogP contribution in [0.5, 0.6) is 0 Å². The highest BCUT2D eigenvalue weighted by molar-refractivity contribution is 5.88. The van der Waals surface area contributed by atoms with Crippen molar-refractivity contribution in [2.45, 2.75) is 63.8 Å². The minimum Gasteiger partial charge on any atom is -0.477 e. The first-order valence-electron chi connectivity index (χ1n) is 10.9. The first-order chi connectivity index (χ1) is 14.0. The van der Waals surface area contributed by atoms with Crippen LogP contribution >= 0.6 is 0 Å². The second-order valence-electron chi connectivity index (χ2n) is 9.06. The van der Waals surface area contributed by atoms with E-state index in [1.54, 1.807) is 12.3 Å². The summed E-state index contributed by atoms with van der Waals surface area (Å²) in [5.41, 5.74) is 5.21. The molecule has 3 heterocycles. The summed E-state index contributed by atoms with van der Waals surface area (Å²) in [6, 6.07) is 6.13. The number of carbonyl (C=O) groups is 1. The van der Waals surface area contributed by atoms with Gasteiger partial charge in [0.05, 0.1) is 5.69 Å². The second-order valence-corrected chi connectivity index (χ2v) is 9.06. The molecule has 5 rings (SSSR count). The Kier molecular flexibility index (Phi) is 4.30. The molecule has 5 heteroatoms. The van der Waals surface area contributed by atoms with Gasteiger partial charge in [-0.1, -0.05) is 19.3 Å². The maximum absolute atomic E-state index is 12.6. The van der Waals surface area contributed by atoms with Gasteiger partial charge in [0.25, 0.3) is 0 Å². The number of pyridine rings is 1. The van der Waals surface area contributed by atoms with Crippen molar-refractivity contribution >= 4 is 11.7 Å². The van der Waals surface area contributed by atoms with Gasteiger partial charge in [-0.15, -0.1) is 0 Å². The van der Waals surface area contributed by atoms with Gasteiger partial charge in [0.2, 0.25) is 0 Å². The van der Waals surface area contributed by atoms with E-state index in [1.165, 1.54) is 36.1 Å². The van der Waals surface area contributed by atoms with Crippen LogP contribution in [0.4, 0.5) is 5.69 Å². The first kappa shape index (κ1) is 18.5. The molecule has 0 unspecified atom stereocenters. The summed E-state index contributed by atoms with van der Waals surface area (Å²) in [6.45, 7) is 4.37. The van der Waals surface area contributed by atoms with Crippen molar-refractivity contribution in [1.29, 1.82) is 0 Å². The van der Waals surface area contributed by atoms with Gasteiger partial charge in [-0.2, -0.15) is 0 Å². The standard InChI is InChI=1S/C24H28N2O3/c1-16-11-18-17(12-20(16)25-9-5-6-10-25)14-24(7-3-2-4-8-24)26-15-19(23(28)29)22(27)13-21(18)26/h11-13,15H,2-10,14H2,1H3,(H,28,29). The Hall–Kier alpha value is -2.56. The highest BCUT2D eigenvalue weighted by Crippen LogP contribution is 2.47. The summed E-state index contributed by atoms with van der Waals surface area (Å²) in [6.07, 6.45) is 10.6. The number of benzene rings is 1. The Bertz CT molecular complexity index is 1040. The summed E-state index contributed by atoms with van der Waals surface area (Å²) in [7, 11) is 0. The molecule has 152 valence electrons. The molecule has 5 nitrogen and oxygen atoms in total. The topological polar surface area (TPSA) is 62.5 Å². The average Bonchev–Trinajstić information content (AvgIpc) is 3.23. The highest BCUT2D eigenvalue weighted by Gasteiger charge is 2.40. The number of hydrogen-bond donors (Lipinski definition) is 1. The number of carboxylic acid groups (broad SMARTS) is 1. The van der Waals surface area contributed by atoms with Gasteiger partial charge in [0.15, 0.2) is 5.43 Å². The lowest BCUT2D eigenvalue weighted by Crippen LogP contribution is -2.42. The summed E-state index contributed by atoms with van der Waals surface area (Å²) >= 11 is 0. The van der Waals surface area contributed by atoms with Crippen molar-refractivity contribution in [1.82, 2.24) is 4.57 Å². The quantitative estimate of drug-likeness (QED) is 0.826. The van der Waals surface area contributed by atoms with Gasteiger partial charge in [-0.25, -0.2) is 4.79 Å². The van der Waals surface area contributed by atoms with Gasteiger partial charge in [0.1, 0.15) is 5.56 Å². The lowest BCUT2D eigenvalue weighted by atomic mass is 9.73. The molecule has 2 fully saturated rings. The number of aromatic nitrogens is 1. The Morgan fingerprint density at radius 2 is 1.76 bits per heavy atom. The zero-order valence-electron chi connectivity index (χ0n) is 17.0. The maximum atomic E-state index is 12.6. The minimum atomic E-state index is -1.14. The number of hydrogen-bond acceptors (Lipinski definition) is 3. The number of fused-ring (bicyclic) bond motifs is 4. The molecule has 0 atom stereocenters. The van der Waals surface area contributed by atoms with Gasteiger partial charge >= 0.3 is 5.97 Å². The van der Waals surface area contributed by atoms with Gasteiger partial charge in [-0.3, -0.25) is 4.79 Å². The first-order valence-corrected chi connectivity index (χ1v) is 10.9. The molecule has 1 N–H and O–H groups in total. The van der Waals surface area contributed by atoms with E-state index in [2.05, 4.69) is 28.5 Å². The molecule has 1 spiro atoms. The van der Waals surface area contributed by atoms with Crippen LogP contribution in [0.1, 0.15) is 66.4 Å². The predicted molar refractivity (Wildman–Crippen MR) is 114 cm³/mol. The summed E-state index contributed by atoms with van der Waals surface area (Å²) in [5, 5.41) is 9.53. The molecule has 0 radical (unpaired) electrons. The molecule has 1 saturated heterocycles. The predicted octanol–water partition coefficient (Wildman–Crippen LogP) is 4.34. The van der Waals surface area contributed by atoms with E-state index >= 15 is 0 Å². The third-order valence-corrected chi connectivity index (χ3v) is 7.24. The Morgan fingerprint density at radius 3 is 2.45 bits per heavy atom. The molecule has 1 aromatic heterocycles. The van der Waals surface area contributed by atoms with Crippen LogP contribution in [0.3, 0.4) is 0 Å². The van der Waals surface area contributed by atoms with Crippen molar-refractivity contribution in [2.24, 2.45) is 0 Å². The molecular weight excluding hydrogens is 364 g/mol. The van der Waals surface area contributed by atoms with Gasteiger partial charge < -0.3 is 14.6 Å². The van der Waals surface area contributed by atoms with E-state index in [0.717, 1.165) is 56.5 Å².